The van der Waals surface area contributed by atoms with Crippen LogP contribution in [0.25, 0.3) is 0 Å². The zero-order valence-corrected chi connectivity index (χ0v) is 15.2. The number of hydrogen-bond donors (Lipinski definition) is 3. The van der Waals surface area contributed by atoms with Crippen LogP contribution >= 0.6 is 12.2 Å². The fourth-order valence-corrected chi connectivity index (χ4v) is 2.25. The predicted octanol–water partition coefficient (Wildman–Crippen LogP) is 3.27. The van der Waals surface area contributed by atoms with Gasteiger partial charge in [-0.1, -0.05) is 36.4 Å². The molecule has 0 atom stereocenters. The Morgan fingerprint density at radius 1 is 1.07 bits per heavy atom. The summed E-state index contributed by atoms with van der Waals surface area (Å²) in [7, 11) is 0. The molecule has 150 valence electrons. The van der Waals surface area contributed by atoms with Gasteiger partial charge in [0.05, 0.1) is 0 Å². The van der Waals surface area contributed by atoms with Crippen LogP contribution in [0.5, 0.6) is 5.75 Å². The van der Waals surface area contributed by atoms with Crippen LogP contribution < -0.4 is 20.9 Å². The monoisotopic (exact) mass is 415 g/mol. The summed E-state index contributed by atoms with van der Waals surface area (Å²) >= 11 is 5.02. The van der Waals surface area contributed by atoms with Crippen molar-refractivity contribution in [2.45, 2.75) is 19.0 Å². The Balaban J connectivity index is 1.80. The highest BCUT2D eigenvalue weighted by molar-refractivity contribution is 7.80. The Morgan fingerprint density at radius 3 is 2.46 bits per heavy atom. The highest BCUT2D eigenvalue weighted by atomic mass is 32.1. The molecule has 2 rings (SSSR count). The zero-order chi connectivity index (χ0) is 20.6. The first kappa shape index (κ1) is 21.4. The number of rotatable bonds is 7. The average Bonchev–Trinajstić information content (AvgIpc) is 2.66. The highest BCUT2D eigenvalue weighted by Gasteiger charge is 2.44. The molecule has 0 bridgehead atoms. The lowest BCUT2D eigenvalue weighted by molar-refractivity contribution is -0.253. The van der Waals surface area contributed by atoms with Crippen molar-refractivity contribution in [2.24, 2.45) is 0 Å². The molecule has 0 aliphatic carbocycles. The highest BCUT2D eigenvalue weighted by Crippen LogP contribution is 2.27. The largest absolute Gasteiger partial charge is 0.461 e. The summed E-state index contributed by atoms with van der Waals surface area (Å²) in [4.78, 5) is 12.0. The van der Waals surface area contributed by atoms with Crippen molar-refractivity contribution in [1.29, 1.82) is 0 Å². The standard InChI is InChI=1S/C18H17F4N3O2S/c19-16(20)18(21,22)27-14-8-4-7-13(11-14)15(26)24-25-17(28)23-10-9-12-5-2-1-3-6-12/h1-8,11,16H,9-10H2,(H,24,26)(H2,23,25,28). The van der Waals surface area contributed by atoms with Crippen LogP contribution in [-0.4, -0.2) is 30.1 Å². The van der Waals surface area contributed by atoms with Crippen LogP contribution in [0.1, 0.15) is 15.9 Å². The van der Waals surface area contributed by atoms with Gasteiger partial charge in [0.1, 0.15) is 5.75 Å². The molecule has 2 aromatic carbocycles. The first-order valence-electron chi connectivity index (χ1n) is 8.11. The normalized spacial score (nSPS) is 11.0. The second kappa shape index (κ2) is 9.88. The molecule has 0 aliphatic rings. The molecule has 0 saturated carbocycles. The van der Waals surface area contributed by atoms with E-state index >= 15 is 0 Å². The molecule has 0 spiro atoms. The lowest BCUT2D eigenvalue weighted by Crippen LogP contribution is -2.47. The Labute approximate surface area is 164 Å². The van der Waals surface area contributed by atoms with E-state index in [-0.39, 0.29) is 10.7 Å². The summed E-state index contributed by atoms with van der Waals surface area (Å²) in [5.41, 5.74) is 5.77. The fourth-order valence-electron chi connectivity index (χ4n) is 2.10. The van der Waals surface area contributed by atoms with Gasteiger partial charge in [-0.15, -0.1) is 0 Å². The molecular weight excluding hydrogens is 398 g/mol. The van der Waals surface area contributed by atoms with Gasteiger partial charge in [-0.2, -0.15) is 17.6 Å². The van der Waals surface area contributed by atoms with E-state index in [1.807, 2.05) is 30.3 Å². The topological polar surface area (TPSA) is 62.4 Å². The van der Waals surface area contributed by atoms with Gasteiger partial charge < -0.3 is 10.1 Å². The Hall–Kier alpha value is -2.88. The van der Waals surface area contributed by atoms with E-state index in [1.54, 1.807) is 0 Å². The maximum absolute atomic E-state index is 12.9. The number of carbonyl (C=O) groups excluding carboxylic acids is 1. The summed E-state index contributed by atoms with van der Waals surface area (Å²) in [6, 6.07) is 14.2. The molecule has 28 heavy (non-hydrogen) atoms. The third-order valence-electron chi connectivity index (χ3n) is 3.44. The van der Waals surface area contributed by atoms with Crippen molar-refractivity contribution in [1.82, 2.24) is 16.2 Å². The van der Waals surface area contributed by atoms with E-state index in [0.29, 0.717) is 13.0 Å². The van der Waals surface area contributed by atoms with Crippen molar-refractivity contribution in [2.75, 3.05) is 6.54 Å². The first-order chi connectivity index (χ1) is 13.3. The molecule has 2 aromatic rings. The number of ether oxygens (including phenoxy) is 1. The second-order valence-electron chi connectivity index (χ2n) is 5.56. The van der Waals surface area contributed by atoms with Crippen LogP contribution in [0.15, 0.2) is 54.6 Å². The van der Waals surface area contributed by atoms with Crippen molar-refractivity contribution < 1.29 is 27.1 Å². The van der Waals surface area contributed by atoms with Crippen LogP contribution in [0, 0.1) is 0 Å². The molecule has 10 heteroatoms. The number of nitrogens with one attached hydrogen (secondary N) is 3. The number of amides is 1. The Bertz CT molecular complexity index is 806. The Kier molecular flexibility index (Phi) is 7.56. The maximum Gasteiger partial charge on any atom is 0.461 e. The number of carbonyl (C=O) groups is 1. The third kappa shape index (κ3) is 6.69. The average molecular weight is 415 g/mol. The van der Waals surface area contributed by atoms with Crippen molar-refractivity contribution in [3.05, 3.63) is 65.7 Å². The number of hydrazine groups is 1. The summed E-state index contributed by atoms with van der Waals surface area (Å²) in [5.74, 6) is -1.28. The van der Waals surface area contributed by atoms with Crippen LogP contribution in [0.4, 0.5) is 17.6 Å². The van der Waals surface area contributed by atoms with Crippen LogP contribution in [0.3, 0.4) is 0 Å². The molecule has 0 heterocycles. The van der Waals surface area contributed by atoms with Gasteiger partial charge >= 0.3 is 12.5 Å². The maximum atomic E-state index is 12.9. The Morgan fingerprint density at radius 2 is 1.79 bits per heavy atom. The number of benzene rings is 2. The zero-order valence-electron chi connectivity index (χ0n) is 14.4. The number of alkyl halides is 4. The molecule has 3 N–H and O–H groups in total. The summed E-state index contributed by atoms with van der Waals surface area (Å²) in [5, 5.41) is 3.04. The lowest BCUT2D eigenvalue weighted by atomic mass is 10.1. The van der Waals surface area contributed by atoms with Gasteiger partial charge in [0.15, 0.2) is 5.11 Å². The second-order valence-corrected chi connectivity index (χ2v) is 5.97. The molecule has 0 radical (unpaired) electrons. The van der Waals surface area contributed by atoms with Crippen LogP contribution in [-0.2, 0) is 6.42 Å². The van der Waals surface area contributed by atoms with Gasteiger partial charge in [0, 0.05) is 12.1 Å². The third-order valence-corrected chi connectivity index (χ3v) is 3.68. The quantitative estimate of drug-likeness (QED) is 0.368. The predicted molar refractivity (Wildman–Crippen MR) is 99.4 cm³/mol. The SMILES string of the molecule is O=C(NNC(=S)NCCc1ccccc1)c1cccc(OC(F)(F)C(F)F)c1. The van der Waals surface area contributed by atoms with E-state index in [2.05, 4.69) is 20.9 Å². The fraction of sp³-hybridized carbons (Fsp3) is 0.222. The molecule has 5 nitrogen and oxygen atoms in total. The number of thiocarbonyl (C=S) groups is 1. The molecule has 0 aromatic heterocycles. The van der Waals surface area contributed by atoms with Gasteiger partial charge in [-0.05, 0) is 42.4 Å². The molecule has 0 saturated heterocycles. The van der Waals surface area contributed by atoms with Crippen molar-refractivity contribution in [3.8, 4) is 5.75 Å². The molecule has 0 unspecified atom stereocenters. The van der Waals surface area contributed by atoms with E-state index < -0.39 is 24.2 Å². The van der Waals surface area contributed by atoms with E-state index in [9.17, 15) is 22.4 Å². The molecule has 0 fully saturated rings. The van der Waals surface area contributed by atoms with E-state index in [0.717, 1.165) is 17.7 Å². The first-order valence-corrected chi connectivity index (χ1v) is 8.52. The number of halogens is 4. The molecule has 1 amide bonds. The molecule has 0 aliphatic heterocycles. The van der Waals surface area contributed by atoms with Crippen LogP contribution in [0.2, 0.25) is 0 Å². The van der Waals surface area contributed by atoms with E-state index in [1.165, 1.54) is 12.1 Å². The smallest absolute Gasteiger partial charge is 0.428 e. The van der Waals surface area contributed by atoms with Gasteiger partial charge in [0.2, 0.25) is 0 Å². The van der Waals surface area contributed by atoms with E-state index in [4.69, 9.17) is 12.2 Å². The van der Waals surface area contributed by atoms with Gasteiger partial charge in [-0.3, -0.25) is 15.6 Å². The van der Waals surface area contributed by atoms with Crippen molar-refractivity contribution in [3.63, 3.8) is 0 Å². The van der Waals surface area contributed by atoms with Crippen molar-refractivity contribution >= 4 is 23.2 Å². The minimum atomic E-state index is -4.66. The summed E-state index contributed by atoms with van der Waals surface area (Å²) in [6.45, 7) is 0.526. The summed E-state index contributed by atoms with van der Waals surface area (Å²) < 4.78 is 54.2. The summed E-state index contributed by atoms with van der Waals surface area (Å²) in [6.07, 6.45) is -7.93. The molecular formula is C18H17F4N3O2S. The van der Waals surface area contributed by atoms with Gasteiger partial charge in [-0.25, -0.2) is 0 Å². The minimum absolute atomic E-state index is 0.0813. The minimum Gasteiger partial charge on any atom is -0.428 e. The number of hydrogen-bond acceptors (Lipinski definition) is 3. The lowest BCUT2D eigenvalue weighted by Gasteiger charge is -2.17. The van der Waals surface area contributed by atoms with Gasteiger partial charge in [0.25, 0.3) is 5.91 Å².